The summed E-state index contributed by atoms with van der Waals surface area (Å²) < 4.78 is 0. The molecule has 1 aliphatic heterocycles. The number of hydrogen-bond acceptors (Lipinski definition) is 3. The van der Waals surface area contributed by atoms with Gasteiger partial charge in [0.1, 0.15) is 0 Å². The summed E-state index contributed by atoms with van der Waals surface area (Å²) >= 11 is 0. The zero-order valence-electron chi connectivity index (χ0n) is 11.1. The molecule has 0 spiro atoms. The van der Waals surface area contributed by atoms with Crippen molar-refractivity contribution in [2.75, 3.05) is 26.2 Å². The van der Waals surface area contributed by atoms with Crippen LogP contribution in [-0.2, 0) is 6.54 Å². The Labute approximate surface area is 104 Å². The van der Waals surface area contributed by atoms with Crippen LogP contribution in [0.15, 0.2) is 0 Å². The maximum atomic E-state index is 4.21. The number of aromatic nitrogens is 2. The van der Waals surface area contributed by atoms with E-state index >= 15 is 0 Å². The van der Waals surface area contributed by atoms with Crippen molar-refractivity contribution in [2.24, 2.45) is 0 Å². The summed E-state index contributed by atoms with van der Waals surface area (Å²) in [5.74, 6) is 0. The zero-order chi connectivity index (χ0) is 12.1. The minimum atomic E-state index is 0.933. The number of nitrogens with one attached hydrogen (secondary N) is 2. The first-order chi connectivity index (χ1) is 8.27. The highest BCUT2D eigenvalue weighted by molar-refractivity contribution is 5.22. The van der Waals surface area contributed by atoms with Crippen LogP contribution >= 0.6 is 0 Å². The maximum absolute atomic E-state index is 4.21. The van der Waals surface area contributed by atoms with Gasteiger partial charge in [0.25, 0.3) is 0 Å². The fraction of sp³-hybridized carbons (Fsp3) is 0.769. The van der Waals surface area contributed by atoms with Crippen LogP contribution in [-0.4, -0.2) is 41.3 Å². The monoisotopic (exact) mass is 236 g/mol. The molecule has 1 fully saturated rings. The van der Waals surface area contributed by atoms with Crippen LogP contribution in [0.1, 0.15) is 36.2 Å². The molecular weight excluding hydrogens is 212 g/mol. The van der Waals surface area contributed by atoms with Crippen LogP contribution in [0, 0.1) is 13.8 Å². The predicted octanol–water partition coefficient (Wildman–Crippen LogP) is 1.60. The summed E-state index contributed by atoms with van der Waals surface area (Å²) in [4.78, 5) is 2.56. The molecule has 1 saturated heterocycles. The normalized spacial score (nSPS) is 17.5. The number of aromatic amines is 1. The summed E-state index contributed by atoms with van der Waals surface area (Å²) in [6.45, 7) is 9.89. The Morgan fingerprint density at radius 3 is 2.65 bits per heavy atom. The molecule has 0 unspecified atom stereocenters. The molecule has 4 nitrogen and oxygen atoms in total. The third-order valence-electron chi connectivity index (χ3n) is 3.64. The lowest BCUT2D eigenvalue weighted by Gasteiger charge is -2.26. The van der Waals surface area contributed by atoms with Gasteiger partial charge in [0, 0.05) is 30.9 Å². The van der Waals surface area contributed by atoms with Crippen LogP contribution in [0.4, 0.5) is 0 Å². The first kappa shape index (κ1) is 12.6. The first-order valence-electron chi connectivity index (χ1n) is 6.71. The molecule has 96 valence electrons. The molecule has 1 aromatic heterocycles. The van der Waals surface area contributed by atoms with E-state index < -0.39 is 0 Å². The molecule has 2 rings (SSSR count). The summed E-state index contributed by atoms with van der Waals surface area (Å²) in [6.07, 6.45) is 4.16. The molecule has 4 heteroatoms. The minimum Gasteiger partial charge on any atom is -0.311 e. The topological polar surface area (TPSA) is 44.0 Å². The Kier molecular flexibility index (Phi) is 4.57. The van der Waals surface area contributed by atoms with Crippen molar-refractivity contribution in [1.82, 2.24) is 20.4 Å². The molecule has 1 aliphatic rings. The van der Waals surface area contributed by atoms with E-state index in [1.165, 1.54) is 50.2 Å². The van der Waals surface area contributed by atoms with E-state index in [-0.39, 0.29) is 0 Å². The minimum absolute atomic E-state index is 0.933. The number of likely N-dealkylation sites (tertiary alicyclic amines) is 1. The van der Waals surface area contributed by atoms with Crippen LogP contribution in [0.5, 0.6) is 0 Å². The Morgan fingerprint density at radius 1 is 1.24 bits per heavy atom. The highest BCUT2D eigenvalue weighted by Crippen LogP contribution is 2.09. The molecular formula is C13H24N4. The quantitative estimate of drug-likeness (QED) is 0.763. The molecule has 0 saturated carbocycles. The molecule has 0 aliphatic carbocycles. The second-order valence-electron chi connectivity index (χ2n) is 4.99. The van der Waals surface area contributed by atoms with E-state index in [0.717, 1.165) is 18.8 Å². The van der Waals surface area contributed by atoms with Crippen molar-refractivity contribution in [2.45, 2.75) is 39.7 Å². The third-order valence-corrected chi connectivity index (χ3v) is 3.64. The van der Waals surface area contributed by atoms with Gasteiger partial charge >= 0.3 is 0 Å². The van der Waals surface area contributed by atoms with E-state index in [1.54, 1.807) is 0 Å². The highest BCUT2D eigenvalue weighted by atomic mass is 15.1. The molecule has 17 heavy (non-hydrogen) atoms. The molecule has 0 radical (unpaired) electrons. The molecule has 2 N–H and O–H groups in total. The lowest BCUT2D eigenvalue weighted by atomic mass is 10.1. The molecule has 0 amide bonds. The summed E-state index contributed by atoms with van der Waals surface area (Å²) in [5.41, 5.74) is 3.63. The Hall–Kier alpha value is -0.870. The number of H-pyrrole nitrogens is 1. The van der Waals surface area contributed by atoms with Gasteiger partial charge in [-0.25, -0.2) is 0 Å². The standard InChI is InChI=1S/C13H24N4/c1-11-13(12(2)16-15-11)10-14-6-9-17-7-4-3-5-8-17/h14H,3-10H2,1-2H3,(H,15,16). The van der Waals surface area contributed by atoms with Crippen molar-refractivity contribution >= 4 is 0 Å². The third kappa shape index (κ3) is 3.54. The summed E-state index contributed by atoms with van der Waals surface area (Å²) in [6, 6.07) is 0. The predicted molar refractivity (Wildman–Crippen MR) is 70.1 cm³/mol. The van der Waals surface area contributed by atoms with E-state index in [2.05, 4.69) is 34.3 Å². The van der Waals surface area contributed by atoms with Gasteiger partial charge in [-0.3, -0.25) is 5.10 Å². The number of nitrogens with zero attached hydrogens (tertiary/aromatic N) is 2. The average Bonchev–Trinajstić information content (AvgIpc) is 2.67. The number of piperidine rings is 1. The lowest BCUT2D eigenvalue weighted by Crippen LogP contribution is -2.35. The van der Waals surface area contributed by atoms with Gasteiger partial charge < -0.3 is 10.2 Å². The second-order valence-corrected chi connectivity index (χ2v) is 4.99. The largest absolute Gasteiger partial charge is 0.311 e. The Bertz CT molecular complexity index is 320. The molecule has 0 bridgehead atoms. The molecule has 0 aromatic carbocycles. The van der Waals surface area contributed by atoms with Gasteiger partial charge in [0.15, 0.2) is 0 Å². The number of aryl methyl sites for hydroxylation is 2. The van der Waals surface area contributed by atoms with Crippen LogP contribution < -0.4 is 5.32 Å². The number of rotatable bonds is 5. The Balaban J connectivity index is 1.66. The lowest BCUT2D eigenvalue weighted by molar-refractivity contribution is 0.229. The van der Waals surface area contributed by atoms with Gasteiger partial charge in [-0.05, 0) is 39.8 Å². The fourth-order valence-electron chi connectivity index (χ4n) is 2.47. The van der Waals surface area contributed by atoms with Crippen molar-refractivity contribution in [3.63, 3.8) is 0 Å². The average molecular weight is 236 g/mol. The zero-order valence-corrected chi connectivity index (χ0v) is 11.1. The van der Waals surface area contributed by atoms with Gasteiger partial charge in [0.05, 0.1) is 5.69 Å². The van der Waals surface area contributed by atoms with Crippen molar-refractivity contribution in [3.8, 4) is 0 Å². The van der Waals surface area contributed by atoms with Crippen LogP contribution in [0.3, 0.4) is 0 Å². The summed E-state index contributed by atoms with van der Waals surface area (Å²) in [5, 5.41) is 10.8. The first-order valence-corrected chi connectivity index (χ1v) is 6.71. The number of hydrogen-bond donors (Lipinski definition) is 2. The van der Waals surface area contributed by atoms with Gasteiger partial charge in [0.2, 0.25) is 0 Å². The molecule has 0 atom stereocenters. The second kappa shape index (κ2) is 6.17. The molecule has 1 aromatic rings. The van der Waals surface area contributed by atoms with Gasteiger partial charge in [-0.2, -0.15) is 5.10 Å². The molecule has 2 heterocycles. The van der Waals surface area contributed by atoms with Gasteiger partial charge in [-0.1, -0.05) is 6.42 Å². The van der Waals surface area contributed by atoms with E-state index in [9.17, 15) is 0 Å². The highest BCUT2D eigenvalue weighted by Gasteiger charge is 2.09. The fourth-order valence-corrected chi connectivity index (χ4v) is 2.47. The van der Waals surface area contributed by atoms with E-state index in [4.69, 9.17) is 0 Å². The summed E-state index contributed by atoms with van der Waals surface area (Å²) in [7, 11) is 0. The SMILES string of the molecule is Cc1n[nH]c(C)c1CNCCN1CCCCC1. The van der Waals surface area contributed by atoms with Crippen molar-refractivity contribution < 1.29 is 0 Å². The smallest absolute Gasteiger partial charge is 0.0638 e. The van der Waals surface area contributed by atoms with Gasteiger partial charge in [-0.15, -0.1) is 0 Å². The maximum Gasteiger partial charge on any atom is 0.0638 e. The van der Waals surface area contributed by atoms with Crippen LogP contribution in [0.2, 0.25) is 0 Å². The van der Waals surface area contributed by atoms with Crippen molar-refractivity contribution in [1.29, 1.82) is 0 Å². The van der Waals surface area contributed by atoms with Crippen LogP contribution in [0.25, 0.3) is 0 Å². The van der Waals surface area contributed by atoms with E-state index in [1.807, 2.05) is 0 Å². The van der Waals surface area contributed by atoms with E-state index in [0.29, 0.717) is 0 Å². The van der Waals surface area contributed by atoms with Crippen molar-refractivity contribution in [3.05, 3.63) is 17.0 Å². The Morgan fingerprint density at radius 2 is 2.00 bits per heavy atom.